The minimum Gasteiger partial charge on any atom is -0.497 e. The van der Waals surface area contributed by atoms with Crippen molar-refractivity contribution in [2.45, 2.75) is 20.4 Å². The molecular weight excluding hydrogens is 340 g/mol. The molecule has 0 aliphatic rings. The van der Waals surface area contributed by atoms with Gasteiger partial charge in [0, 0.05) is 11.3 Å². The number of nitrogens with one attached hydrogen (secondary N) is 1. The first-order chi connectivity index (χ1) is 13.0. The molecule has 27 heavy (non-hydrogen) atoms. The van der Waals surface area contributed by atoms with Gasteiger partial charge in [-0.1, -0.05) is 12.1 Å². The average Bonchev–Trinajstić information content (AvgIpc) is 2.99. The summed E-state index contributed by atoms with van der Waals surface area (Å²) in [6.45, 7) is 4.61. The van der Waals surface area contributed by atoms with E-state index in [4.69, 9.17) is 4.74 Å². The van der Waals surface area contributed by atoms with Crippen LogP contribution < -0.4 is 10.2 Å². The number of aryl methyl sites for hydroxylation is 2. The van der Waals surface area contributed by atoms with E-state index in [1.807, 2.05) is 67.1 Å². The zero-order valence-electron chi connectivity index (χ0n) is 15.6. The van der Waals surface area contributed by atoms with Crippen LogP contribution in [0.25, 0.3) is 0 Å². The maximum atomic E-state index is 12.3. The Balaban J connectivity index is 1.64. The van der Waals surface area contributed by atoms with E-state index in [0.29, 0.717) is 12.1 Å². The van der Waals surface area contributed by atoms with Crippen LogP contribution in [0, 0.1) is 13.8 Å². The fourth-order valence-corrected chi connectivity index (χ4v) is 2.74. The van der Waals surface area contributed by atoms with Crippen molar-refractivity contribution in [3.8, 4) is 5.75 Å². The van der Waals surface area contributed by atoms with Crippen LogP contribution in [0.15, 0.2) is 59.7 Å². The van der Waals surface area contributed by atoms with Crippen LogP contribution in [-0.4, -0.2) is 29.0 Å². The highest BCUT2D eigenvalue weighted by Crippen LogP contribution is 2.11. The van der Waals surface area contributed by atoms with E-state index in [1.54, 1.807) is 19.4 Å². The molecule has 0 aliphatic heterocycles. The quantitative estimate of drug-likeness (QED) is 0.540. The van der Waals surface area contributed by atoms with Gasteiger partial charge in [-0.05, 0) is 67.4 Å². The van der Waals surface area contributed by atoms with Crippen LogP contribution >= 0.6 is 0 Å². The third-order valence-electron chi connectivity index (χ3n) is 4.12. The summed E-state index contributed by atoms with van der Waals surface area (Å²) in [5, 5.41) is 8.48. The van der Waals surface area contributed by atoms with Gasteiger partial charge in [-0.15, -0.1) is 0 Å². The molecule has 2 aromatic carbocycles. The van der Waals surface area contributed by atoms with Gasteiger partial charge in [-0.2, -0.15) is 10.2 Å². The zero-order valence-corrected chi connectivity index (χ0v) is 15.6. The van der Waals surface area contributed by atoms with Gasteiger partial charge >= 0.3 is 0 Å². The lowest BCUT2D eigenvalue weighted by atomic mass is 10.1. The molecular formula is C21H22N4O2. The monoisotopic (exact) mass is 362 g/mol. The summed E-state index contributed by atoms with van der Waals surface area (Å²) in [6.07, 6.45) is 1.59. The number of rotatable bonds is 6. The van der Waals surface area contributed by atoms with E-state index in [-0.39, 0.29) is 5.91 Å². The highest BCUT2D eigenvalue weighted by atomic mass is 16.5. The molecule has 0 saturated heterocycles. The fourth-order valence-electron chi connectivity index (χ4n) is 2.74. The smallest absolute Gasteiger partial charge is 0.271 e. The lowest BCUT2D eigenvalue weighted by molar-refractivity contribution is 0.0955. The standard InChI is InChI=1S/C21H22N4O2/c1-15-11-16(2)25(24-15)14-18-5-4-6-19(12-18)21(26)23-22-13-17-7-9-20(27-3)10-8-17/h4-13H,14H2,1-3H3,(H,23,26)/b22-13-. The van der Waals surface area contributed by atoms with Crippen molar-refractivity contribution in [3.63, 3.8) is 0 Å². The third kappa shape index (κ3) is 4.82. The lowest BCUT2D eigenvalue weighted by Gasteiger charge is -2.07. The molecule has 0 saturated carbocycles. The fraction of sp³-hybridized carbons (Fsp3) is 0.190. The van der Waals surface area contributed by atoms with E-state index in [1.165, 1.54) is 0 Å². The Morgan fingerprint density at radius 3 is 2.63 bits per heavy atom. The van der Waals surface area contributed by atoms with E-state index in [9.17, 15) is 4.79 Å². The normalized spacial score (nSPS) is 10.9. The minimum absolute atomic E-state index is 0.255. The molecule has 0 aliphatic carbocycles. The average molecular weight is 362 g/mol. The number of amides is 1. The van der Waals surface area contributed by atoms with Crippen LogP contribution in [0.4, 0.5) is 0 Å². The number of carbonyl (C=O) groups excluding carboxylic acids is 1. The second kappa shape index (κ2) is 8.31. The van der Waals surface area contributed by atoms with Crippen molar-refractivity contribution in [1.29, 1.82) is 0 Å². The summed E-state index contributed by atoms with van der Waals surface area (Å²) in [5.74, 6) is 0.519. The van der Waals surface area contributed by atoms with Gasteiger partial charge in [0.05, 0.1) is 25.6 Å². The van der Waals surface area contributed by atoms with Crippen LogP contribution in [0.1, 0.15) is 32.9 Å². The maximum absolute atomic E-state index is 12.3. The van der Waals surface area contributed by atoms with Gasteiger partial charge in [0.25, 0.3) is 5.91 Å². The van der Waals surface area contributed by atoms with Gasteiger partial charge in [-0.25, -0.2) is 5.43 Å². The van der Waals surface area contributed by atoms with E-state index in [0.717, 1.165) is 28.3 Å². The number of nitrogens with zero attached hydrogens (tertiary/aromatic N) is 3. The Morgan fingerprint density at radius 1 is 1.19 bits per heavy atom. The van der Waals surface area contributed by atoms with Gasteiger partial charge in [0.1, 0.15) is 5.75 Å². The number of ether oxygens (including phenoxy) is 1. The summed E-state index contributed by atoms with van der Waals surface area (Å²) in [4.78, 5) is 12.3. The molecule has 0 fully saturated rings. The molecule has 0 bridgehead atoms. The first-order valence-corrected chi connectivity index (χ1v) is 8.62. The molecule has 1 aromatic heterocycles. The van der Waals surface area contributed by atoms with Crippen LogP contribution in [0.3, 0.4) is 0 Å². The van der Waals surface area contributed by atoms with Gasteiger partial charge in [-0.3, -0.25) is 9.48 Å². The van der Waals surface area contributed by atoms with Crippen molar-refractivity contribution in [3.05, 3.63) is 82.7 Å². The summed E-state index contributed by atoms with van der Waals surface area (Å²) < 4.78 is 7.04. The Kier molecular flexibility index (Phi) is 5.66. The number of carbonyl (C=O) groups is 1. The molecule has 1 heterocycles. The topological polar surface area (TPSA) is 68.5 Å². The Morgan fingerprint density at radius 2 is 1.96 bits per heavy atom. The Hall–Kier alpha value is -3.41. The van der Waals surface area contributed by atoms with Crippen molar-refractivity contribution in [1.82, 2.24) is 15.2 Å². The van der Waals surface area contributed by atoms with E-state index < -0.39 is 0 Å². The predicted octanol–water partition coefficient (Wildman–Crippen LogP) is 3.32. The molecule has 1 N–H and O–H groups in total. The Labute approximate surface area is 158 Å². The van der Waals surface area contributed by atoms with Crippen LogP contribution in [0.2, 0.25) is 0 Å². The molecule has 6 heteroatoms. The molecule has 0 atom stereocenters. The summed E-state index contributed by atoms with van der Waals surface area (Å²) in [7, 11) is 1.62. The number of hydrogen-bond acceptors (Lipinski definition) is 4. The van der Waals surface area contributed by atoms with Crippen molar-refractivity contribution in [2.24, 2.45) is 5.10 Å². The number of hydrazone groups is 1. The van der Waals surface area contributed by atoms with Crippen LogP contribution in [0.5, 0.6) is 5.75 Å². The number of aromatic nitrogens is 2. The minimum atomic E-state index is -0.255. The molecule has 6 nitrogen and oxygen atoms in total. The summed E-state index contributed by atoms with van der Waals surface area (Å²) >= 11 is 0. The first kappa shape index (κ1) is 18.4. The third-order valence-corrected chi connectivity index (χ3v) is 4.12. The molecule has 1 amide bonds. The maximum Gasteiger partial charge on any atom is 0.271 e. The lowest BCUT2D eigenvalue weighted by Crippen LogP contribution is -2.18. The zero-order chi connectivity index (χ0) is 19.2. The van der Waals surface area contributed by atoms with Crippen molar-refractivity contribution in [2.75, 3.05) is 7.11 Å². The second-order valence-corrected chi connectivity index (χ2v) is 6.26. The SMILES string of the molecule is COc1ccc(/C=N\NC(=O)c2cccc(Cn3nc(C)cc3C)c2)cc1. The van der Waals surface area contributed by atoms with Crippen molar-refractivity contribution >= 4 is 12.1 Å². The van der Waals surface area contributed by atoms with E-state index >= 15 is 0 Å². The Bertz CT molecular complexity index is 959. The molecule has 0 radical (unpaired) electrons. The number of benzene rings is 2. The van der Waals surface area contributed by atoms with Crippen LogP contribution in [-0.2, 0) is 6.54 Å². The number of hydrogen-bond donors (Lipinski definition) is 1. The highest BCUT2D eigenvalue weighted by Gasteiger charge is 2.07. The van der Waals surface area contributed by atoms with Gasteiger partial charge in [0.2, 0.25) is 0 Å². The van der Waals surface area contributed by atoms with E-state index in [2.05, 4.69) is 15.6 Å². The number of methoxy groups -OCH3 is 1. The molecule has 0 spiro atoms. The molecule has 0 unspecified atom stereocenters. The molecule has 3 rings (SSSR count). The van der Waals surface area contributed by atoms with Gasteiger partial charge in [0.15, 0.2) is 0 Å². The summed E-state index contributed by atoms with van der Waals surface area (Å²) in [5.41, 5.74) is 7.06. The largest absolute Gasteiger partial charge is 0.497 e. The second-order valence-electron chi connectivity index (χ2n) is 6.26. The molecule has 138 valence electrons. The predicted molar refractivity (Wildman–Crippen MR) is 105 cm³/mol. The van der Waals surface area contributed by atoms with Crippen molar-refractivity contribution < 1.29 is 9.53 Å². The molecule has 3 aromatic rings. The highest BCUT2D eigenvalue weighted by molar-refractivity contribution is 5.95. The van der Waals surface area contributed by atoms with Gasteiger partial charge < -0.3 is 4.74 Å². The summed E-state index contributed by atoms with van der Waals surface area (Å²) in [6, 6.07) is 16.9. The first-order valence-electron chi connectivity index (χ1n) is 8.62.